The summed E-state index contributed by atoms with van der Waals surface area (Å²) in [5.41, 5.74) is 1.41. The Morgan fingerprint density at radius 3 is 2.67 bits per heavy atom. The lowest BCUT2D eigenvalue weighted by Gasteiger charge is -2.22. The van der Waals surface area contributed by atoms with E-state index in [1.165, 1.54) is 14.0 Å². The summed E-state index contributed by atoms with van der Waals surface area (Å²) in [5, 5.41) is 13.3. The molecule has 2 aromatic rings. The molecule has 0 saturated carbocycles. The van der Waals surface area contributed by atoms with E-state index in [0.29, 0.717) is 31.2 Å². The molecule has 9 nitrogen and oxygen atoms in total. The van der Waals surface area contributed by atoms with Gasteiger partial charge in [0, 0.05) is 38.2 Å². The number of carbonyl (C=O) groups is 2. The van der Waals surface area contributed by atoms with Crippen LogP contribution >= 0.6 is 11.7 Å². The quantitative estimate of drug-likeness (QED) is 0.381. The predicted molar refractivity (Wildman–Crippen MR) is 114 cm³/mol. The minimum Gasteiger partial charge on any atom is -0.473 e. The van der Waals surface area contributed by atoms with Crippen molar-refractivity contribution in [1.29, 1.82) is 0 Å². The molecule has 2 N–H and O–H groups in total. The van der Waals surface area contributed by atoms with Gasteiger partial charge < -0.3 is 24.8 Å². The Morgan fingerprint density at radius 2 is 2.00 bits per heavy atom. The first-order valence-corrected chi connectivity index (χ1v) is 10.4. The van der Waals surface area contributed by atoms with Crippen molar-refractivity contribution >= 4 is 29.3 Å². The van der Waals surface area contributed by atoms with Crippen LogP contribution in [0.3, 0.4) is 0 Å². The van der Waals surface area contributed by atoms with E-state index in [-0.39, 0.29) is 30.8 Å². The van der Waals surface area contributed by atoms with Gasteiger partial charge in [-0.05, 0) is 12.1 Å². The van der Waals surface area contributed by atoms with Crippen molar-refractivity contribution in [3.05, 3.63) is 36.0 Å². The van der Waals surface area contributed by atoms with Crippen molar-refractivity contribution in [2.24, 2.45) is 0 Å². The maximum atomic E-state index is 11.9. The second kappa shape index (κ2) is 12.2. The third-order valence-corrected chi connectivity index (χ3v) is 4.93. The zero-order valence-corrected chi connectivity index (χ0v) is 18.2. The van der Waals surface area contributed by atoms with Gasteiger partial charge in [-0.1, -0.05) is 25.1 Å². The standard InChI is InChI=1S/C20H28N4O5S/c1-14(11-18(27)28-3)19-20(23-30-22-19)29-13-17(26)12-21-9-10-24(15(2)25)16-7-5-4-6-8-16/h4-8,14,17,21,26H,9-13H2,1-3H3. The first kappa shape index (κ1) is 23.7. The first-order valence-electron chi connectivity index (χ1n) is 9.66. The Balaban J connectivity index is 1.74. The molecule has 1 amide bonds. The van der Waals surface area contributed by atoms with E-state index in [2.05, 4.69) is 18.8 Å². The van der Waals surface area contributed by atoms with Crippen LogP contribution in [-0.4, -0.2) is 65.2 Å². The number of hydrogen-bond acceptors (Lipinski definition) is 9. The molecule has 0 saturated heterocycles. The largest absolute Gasteiger partial charge is 0.473 e. The number of methoxy groups -OCH3 is 1. The number of nitrogens with one attached hydrogen (secondary N) is 1. The van der Waals surface area contributed by atoms with Gasteiger partial charge in [0.25, 0.3) is 0 Å². The maximum absolute atomic E-state index is 11.9. The Morgan fingerprint density at radius 1 is 1.27 bits per heavy atom. The number of esters is 1. The van der Waals surface area contributed by atoms with Crippen molar-refractivity contribution in [2.75, 3.05) is 38.3 Å². The molecule has 2 unspecified atom stereocenters. The highest BCUT2D eigenvalue weighted by molar-refractivity contribution is 6.99. The molecule has 0 bridgehead atoms. The van der Waals surface area contributed by atoms with Crippen LogP contribution in [0.15, 0.2) is 30.3 Å². The number of carbonyl (C=O) groups excluding carboxylic acids is 2. The smallest absolute Gasteiger partial charge is 0.306 e. The summed E-state index contributed by atoms with van der Waals surface area (Å²) in [6, 6.07) is 9.42. The van der Waals surface area contributed by atoms with Gasteiger partial charge in [0.05, 0.1) is 25.3 Å². The minimum absolute atomic E-state index is 0.0332. The van der Waals surface area contributed by atoms with E-state index in [0.717, 1.165) is 17.4 Å². The summed E-state index contributed by atoms with van der Waals surface area (Å²) < 4.78 is 18.5. The fourth-order valence-electron chi connectivity index (χ4n) is 2.79. The number of anilines is 1. The van der Waals surface area contributed by atoms with E-state index < -0.39 is 6.10 Å². The highest BCUT2D eigenvalue weighted by atomic mass is 32.1. The van der Waals surface area contributed by atoms with E-state index in [1.54, 1.807) is 4.90 Å². The van der Waals surface area contributed by atoms with E-state index in [9.17, 15) is 14.7 Å². The summed E-state index contributed by atoms with van der Waals surface area (Å²) in [7, 11) is 1.34. The molecule has 0 fully saturated rings. The van der Waals surface area contributed by atoms with Crippen LogP contribution in [0.5, 0.6) is 5.88 Å². The Kier molecular flexibility index (Phi) is 9.65. The van der Waals surface area contributed by atoms with E-state index in [1.807, 2.05) is 37.3 Å². The first-order chi connectivity index (χ1) is 14.4. The number of aromatic nitrogens is 2. The molecular formula is C20H28N4O5S. The van der Waals surface area contributed by atoms with Crippen LogP contribution in [0.4, 0.5) is 5.69 Å². The van der Waals surface area contributed by atoms with Gasteiger partial charge in [0.15, 0.2) is 0 Å². The number of hydrogen-bond donors (Lipinski definition) is 2. The number of amides is 1. The normalized spacial score (nSPS) is 12.8. The SMILES string of the molecule is COC(=O)CC(C)c1nsnc1OCC(O)CNCCN(C(C)=O)c1ccccc1. The number of nitrogens with zero attached hydrogens (tertiary/aromatic N) is 3. The zero-order valence-electron chi connectivity index (χ0n) is 17.4. The lowest BCUT2D eigenvalue weighted by Crippen LogP contribution is -2.39. The summed E-state index contributed by atoms with van der Waals surface area (Å²) in [4.78, 5) is 25.0. The second-order valence-corrected chi connectivity index (χ2v) is 7.34. The summed E-state index contributed by atoms with van der Waals surface area (Å²) in [6.07, 6.45) is -0.589. The number of ether oxygens (including phenoxy) is 2. The Labute approximate surface area is 180 Å². The van der Waals surface area contributed by atoms with Gasteiger partial charge in [-0.15, -0.1) is 4.37 Å². The van der Waals surface area contributed by atoms with Crippen LogP contribution in [0.1, 0.15) is 31.9 Å². The fourth-order valence-corrected chi connectivity index (χ4v) is 3.40. The fraction of sp³-hybridized carbons (Fsp3) is 0.500. The van der Waals surface area contributed by atoms with Gasteiger partial charge in [-0.3, -0.25) is 9.59 Å². The molecule has 1 aromatic heterocycles. The minimum atomic E-state index is -0.766. The van der Waals surface area contributed by atoms with Crippen LogP contribution in [0, 0.1) is 0 Å². The molecule has 2 atom stereocenters. The van der Waals surface area contributed by atoms with Crippen molar-refractivity contribution in [1.82, 2.24) is 14.1 Å². The molecule has 0 radical (unpaired) electrons. The lowest BCUT2D eigenvalue weighted by atomic mass is 10.0. The number of para-hydroxylation sites is 1. The van der Waals surface area contributed by atoms with Crippen molar-refractivity contribution in [2.45, 2.75) is 32.3 Å². The second-order valence-electron chi connectivity index (χ2n) is 6.81. The van der Waals surface area contributed by atoms with Gasteiger partial charge in [0.1, 0.15) is 18.4 Å². The van der Waals surface area contributed by atoms with Crippen molar-refractivity contribution in [3.63, 3.8) is 0 Å². The molecule has 1 aromatic carbocycles. The summed E-state index contributed by atoms with van der Waals surface area (Å²) >= 11 is 0.994. The van der Waals surface area contributed by atoms with Crippen LogP contribution in [-0.2, 0) is 14.3 Å². The molecule has 0 aliphatic carbocycles. The van der Waals surface area contributed by atoms with E-state index in [4.69, 9.17) is 4.74 Å². The number of benzene rings is 1. The van der Waals surface area contributed by atoms with Gasteiger partial charge in [-0.2, -0.15) is 4.37 Å². The van der Waals surface area contributed by atoms with Gasteiger partial charge in [0.2, 0.25) is 11.8 Å². The zero-order chi connectivity index (χ0) is 21.9. The average molecular weight is 437 g/mol. The van der Waals surface area contributed by atoms with Crippen LogP contribution in [0.2, 0.25) is 0 Å². The molecule has 0 spiro atoms. The van der Waals surface area contributed by atoms with Crippen molar-refractivity contribution < 1.29 is 24.2 Å². The maximum Gasteiger partial charge on any atom is 0.306 e. The number of aliphatic hydroxyl groups excluding tert-OH is 1. The Hall–Kier alpha value is -2.56. The third-order valence-electron chi connectivity index (χ3n) is 4.40. The molecule has 10 heteroatoms. The topological polar surface area (TPSA) is 114 Å². The molecule has 164 valence electrons. The number of rotatable bonds is 12. The highest BCUT2D eigenvalue weighted by Gasteiger charge is 2.21. The molecule has 0 aliphatic heterocycles. The van der Waals surface area contributed by atoms with Crippen LogP contribution in [0.25, 0.3) is 0 Å². The Bertz CT molecular complexity index is 802. The van der Waals surface area contributed by atoms with E-state index >= 15 is 0 Å². The van der Waals surface area contributed by atoms with Gasteiger partial charge >= 0.3 is 5.97 Å². The predicted octanol–water partition coefficient (Wildman–Crippen LogP) is 1.59. The third kappa shape index (κ3) is 7.36. The average Bonchev–Trinajstić information content (AvgIpc) is 3.21. The molecule has 1 heterocycles. The molecule has 0 aliphatic rings. The molecular weight excluding hydrogens is 408 g/mol. The molecule has 2 rings (SSSR count). The van der Waals surface area contributed by atoms with Gasteiger partial charge in [-0.25, -0.2) is 0 Å². The monoisotopic (exact) mass is 436 g/mol. The lowest BCUT2D eigenvalue weighted by molar-refractivity contribution is -0.141. The molecule has 30 heavy (non-hydrogen) atoms. The number of aliphatic hydroxyl groups is 1. The highest BCUT2D eigenvalue weighted by Crippen LogP contribution is 2.27. The summed E-state index contributed by atoms with van der Waals surface area (Å²) in [5.74, 6) is -0.253. The summed E-state index contributed by atoms with van der Waals surface area (Å²) in [6.45, 7) is 4.70. The van der Waals surface area contributed by atoms with Crippen LogP contribution < -0.4 is 15.0 Å². The van der Waals surface area contributed by atoms with Crippen molar-refractivity contribution in [3.8, 4) is 5.88 Å².